The topological polar surface area (TPSA) is 9.23 Å². The second kappa shape index (κ2) is 1.39. The summed E-state index contributed by atoms with van der Waals surface area (Å²) in [5, 5.41) is 0. The van der Waals surface area contributed by atoms with Crippen LogP contribution in [-0.2, 0) is 4.74 Å². The van der Waals surface area contributed by atoms with Gasteiger partial charge in [0, 0.05) is 0 Å². The third-order valence-electron chi connectivity index (χ3n) is 5.84. The van der Waals surface area contributed by atoms with E-state index >= 15 is 0 Å². The molecule has 5 fully saturated rings. The van der Waals surface area contributed by atoms with Gasteiger partial charge in [0.25, 0.3) is 0 Å². The summed E-state index contributed by atoms with van der Waals surface area (Å²) < 4.78 is 6.13. The Morgan fingerprint density at radius 1 is 0.667 bits per heavy atom. The molecule has 1 heterocycles. The zero-order chi connectivity index (χ0) is 7.45. The van der Waals surface area contributed by atoms with E-state index in [0.717, 1.165) is 47.7 Å². The number of hydrogen-bond donors (Lipinski definition) is 0. The minimum absolute atomic E-state index is 0.729. The highest BCUT2D eigenvalue weighted by Gasteiger charge is 2.73. The van der Waals surface area contributed by atoms with Crippen molar-refractivity contribution in [3.8, 4) is 0 Å². The summed E-state index contributed by atoms with van der Waals surface area (Å²) >= 11 is 0. The fourth-order valence-electron chi connectivity index (χ4n) is 5.87. The Labute approximate surface area is 72.5 Å². The van der Waals surface area contributed by atoms with Crippen LogP contribution in [0, 0.1) is 35.5 Å². The van der Waals surface area contributed by atoms with Gasteiger partial charge in [-0.25, -0.2) is 0 Å². The van der Waals surface area contributed by atoms with E-state index in [9.17, 15) is 0 Å². The van der Waals surface area contributed by atoms with Crippen LogP contribution in [0.2, 0.25) is 0 Å². The molecule has 0 spiro atoms. The van der Waals surface area contributed by atoms with Crippen molar-refractivity contribution < 1.29 is 4.74 Å². The smallest absolute Gasteiger partial charge is 0.0616 e. The third-order valence-corrected chi connectivity index (χ3v) is 5.84. The highest BCUT2D eigenvalue weighted by Crippen LogP contribution is 2.74. The first-order chi connectivity index (χ1) is 5.93. The maximum absolute atomic E-state index is 6.13. The number of hydrogen-bond acceptors (Lipinski definition) is 1. The molecule has 2 bridgehead atoms. The Hall–Kier alpha value is -0.0400. The average molecular weight is 162 g/mol. The third kappa shape index (κ3) is 0.348. The summed E-state index contributed by atoms with van der Waals surface area (Å²) in [5.74, 6) is 6.58. The van der Waals surface area contributed by atoms with E-state index in [1.165, 1.54) is 12.8 Å². The molecule has 0 aromatic heterocycles. The number of ether oxygens (including phenoxy) is 1. The van der Waals surface area contributed by atoms with Crippen LogP contribution in [0.15, 0.2) is 0 Å². The van der Waals surface area contributed by atoms with E-state index in [-0.39, 0.29) is 0 Å². The molecule has 0 aromatic carbocycles. The first-order valence-corrected chi connectivity index (χ1v) is 5.59. The van der Waals surface area contributed by atoms with E-state index in [0.29, 0.717) is 0 Å². The molecule has 64 valence electrons. The maximum atomic E-state index is 6.13. The molecule has 1 heteroatoms. The van der Waals surface area contributed by atoms with Crippen molar-refractivity contribution in [1.82, 2.24) is 0 Å². The fourth-order valence-corrected chi connectivity index (χ4v) is 5.87. The lowest BCUT2D eigenvalue weighted by Crippen LogP contribution is -2.22. The molecule has 0 aromatic rings. The van der Waals surface area contributed by atoms with Crippen LogP contribution < -0.4 is 0 Å². The Balaban J connectivity index is 1.87. The molecular weight excluding hydrogens is 148 g/mol. The molecule has 0 N–H and O–H groups in total. The minimum Gasteiger partial charge on any atom is -0.374 e. The molecule has 1 saturated heterocycles. The molecule has 4 aliphatic carbocycles. The van der Waals surface area contributed by atoms with E-state index < -0.39 is 0 Å². The minimum atomic E-state index is 0.729. The second-order valence-electron chi connectivity index (χ2n) is 5.73. The average Bonchev–Trinajstić information content (AvgIpc) is 2.57. The molecule has 1 aliphatic heterocycles. The summed E-state index contributed by atoms with van der Waals surface area (Å²) in [6, 6.07) is 0. The van der Waals surface area contributed by atoms with Gasteiger partial charge >= 0.3 is 0 Å². The second-order valence-corrected chi connectivity index (χ2v) is 5.73. The van der Waals surface area contributed by atoms with Crippen molar-refractivity contribution in [3.05, 3.63) is 0 Å². The molecule has 5 aliphatic rings. The largest absolute Gasteiger partial charge is 0.374 e. The van der Waals surface area contributed by atoms with Crippen molar-refractivity contribution in [1.29, 1.82) is 0 Å². The summed E-state index contributed by atoms with van der Waals surface area (Å²) in [7, 11) is 0. The molecule has 0 unspecified atom stereocenters. The van der Waals surface area contributed by atoms with Gasteiger partial charge in [-0.1, -0.05) is 0 Å². The normalized spacial score (nSPS) is 80.0. The predicted molar refractivity (Wildman–Crippen MR) is 43.5 cm³/mol. The van der Waals surface area contributed by atoms with Crippen molar-refractivity contribution in [2.75, 3.05) is 0 Å². The highest BCUT2D eigenvalue weighted by molar-refractivity contribution is 5.20. The van der Waals surface area contributed by atoms with Crippen molar-refractivity contribution in [2.45, 2.75) is 31.5 Å². The number of fused-ring (bicyclic) bond motifs is 1. The van der Waals surface area contributed by atoms with Gasteiger partial charge in [-0.2, -0.15) is 0 Å². The SMILES string of the molecule is C1[C@H]2[C@@H]3C[C@H]4O[C@@H]5C[C@H]3[C@H]1[C@H]5[C@@H]24. The molecule has 1 nitrogen and oxygen atoms in total. The van der Waals surface area contributed by atoms with Crippen LogP contribution in [0.4, 0.5) is 0 Å². The zero-order valence-corrected chi connectivity index (χ0v) is 7.15. The molecule has 0 amide bonds. The zero-order valence-electron chi connectivity index (χ0n) is 7.15. The summed E-state index contributed by atoms with van der Waals surface area (Å²) in [5.41, 5.74) is 0. The van der Waals surface area contributed by atoms with E-state index in [2.05, 4.69) is 0 Å². The Bertz CT molecular complexity index is 244. The van der Waals surface area contributed by atoms with E-state index in [1.54, 1.807) is 6.42 Å². The molecule has 4 saturated carbocycles. The standard InChI is InChI=1S/C11H14O/c1-6-4-2-8-10(6)11-7(1)5(4)3-9(11)12-8/h4-11H,1-3H2/t4-,5-,6+,7+,8-,9-,10-,11+/m1/s1. The van der Waals surface area contributed by atoms with Crippen molar-refractivity contribution in [2.24, 2.45) is 35.5 Å². The van der Waals surface area contributed by atoms with Crippen LogP contribution in [0.25, 0.3) is 0 Å². The maximum Gasteiger partial charge on any atom is 0.0616 e. The summed E-state index contributed by atoms with van der Waals surface area (Å²) in [6.45, 7) is 0. The Morgan fingerprint density at radius 2 is 1.25 bits per heavy atom. The van der Waals surface area contributed by atoms with Crippen LogP contribution in [0.1, 0.15) is 19.3 Å². The Kier molecular flexibility index (Phi) is 0.654. The van der Waals surface area contributed by atoms with Gasteiger partial charge in [0.05, 0.1) is 12.2 Å². The van der Waals surface area contributed by atoms with Crippen LogP contribution in [-0.4, -0.2) is 12.2 Å². The number of rotatable bonds is 0. The quantitative estimate of drug-likeness (QED) is 0.526. The van der Waals surface area contributed by atoms with Crippen LogP contribution in [0.3, 0.4) is 0 Å². The van der Waals surface area contributed by atoms with E-state index in [4.69, 9.17) is 4.74 Å². The lowest BCUT2D eigenvalue weighted by molar-refractivity contribution is 0.0392. The summed E-state index contributed by atoms with van der Waals surface area (Å²) in [6.07, 6.45) is 5.95. The summed E-state index contributed by atoms with van der Waals surface area (Å²) in [4.78, 5) is 0. The fraction of sp³-hybridized carbons (Fsp3) is 1.00. The first-order valence-electron chi connectivity index (χ1n) is 5.59. The van der Waals surface area contributed by atoms with Gasteiger partial charge < -0.3 is 4.74 Å². The highest BCUT2D eigenvalue weighted by atomic mass is 16.5. The molecule has 8 atom stereocenters. The van der Waals surface area contributed by atoms with Crippen LogP contribution in [0.5, 0.6) is 0 Å². The van der Waals surface area contributed by atoms with Gasteiger partial charge in [0.15, 0.2) is 0 Å². The lowest BCUT2D eigenvalue weighted by Gasteiger charge is -2.23. The monoisotopic (exact) mass is 162 g/mol. The van der Waals surface area contributed by atoms with Gasteiger partial charge in [-0.15, -0.1) is 0 Å². The van der Waals surface area contributed by atoms with Crippen molar-refractivity contribution in [3.63, 3.8) is 0 Å². The first kappa shape index (κ1) is 5.64. The van der Waals surface area contributed by atoms with Crippen molar-refractivity contribution >= 4 is 0 Å². The van der Waals surface area contributed by atoms with Gasteiger partial charge in [-0.3, -0.25) is 0 Å². The lowest BCUT2D eigenvalue weighted by atomic mass is 9.80. The predicted octanol–water partition coefficient (Wildman–Crippen LogP) is 1.68. The van der Waals surface area contributed by atoms with Gasteiger partial charge in [0.2, 0.25) is 0 Å². The molecule has 5 rings (SSSR count). The van der Waals surface area contributed by atoms with Gasteiger partial charge in [-0.05, 0) is 54.8 Å². The molecule has 0 radical (unpaired) electrons. The molecule has 12 heavy (non-hydrogen) atoms. The van der Waals surface area contributed by atoms with Crippen LogP contribution >= 0.6 is 0 Å². The van der Waals surface area contributed by atoms with E-state index in [1.807, 2.05) is 0 Å². The Morgan fingerprint density at radius 3 is 1.83 bits per heavy atom. The van der Waals surface area contributed by atoms with Gasteiger partial charge in [0.1, 0.15) is 0 Å². The molecular formula is C11H14O.